The van der Waals surface area contributed by atoms with Crippen LogP contribution in [0.25, 0.3) is 0 Å². The Morgan fingerprint density at radius 3 is 2.55 bits per heavy atom. The molecule has 1 saturated heterocycles. The molecule has 1 aliphatic rings. The van der Waals surface area contributed by atoms with Crippen LogP contribution >= 0.6 is 35.0 Å². The van der Waals surface area contributed by atoms with Crippen LogP contribution in [-0.2, 0) is 12.3 Å². The van der Waals surface area contributed by atoms with Crippen molar-refractivity contribution in [1.82, 2.24) is 10.2 Å². The minimum Gasteiger partial charge on any atom is -0.351 e. The lowest BCUT2D eigenvalue weighted by atomic mass is 9.99. The van der Waals surface area contributed by atoms with Crippen molar-refractivity contribution >= 4 is 40.9 Å². The highest BCUT2D eigenvalue weighted by Crippen LogP contribution is 2.24. The number of nitrogens with one attached hydrogen (secondary N) is 1. The van der Waals surface area contributed by atoms with E-state index in [9.17, 15) is 4.79 Å². The van der Waals surface area contributed by atoms with Crippen molar-refractivity contribution in [2.45, 2.75) is 32.1 Å². The molecule has 0 unspecified atom stereocenters. The summed E-state index contributed by atoms with van der Waals surface area (Å²) in [5.74, 6) is 2.46. The zero-order valence-electron chi connectivity index (χ0n) is 16.8. The number of nitrogens with zero attached hydrogens (tertiary/aromatic N) is 1. The summed E-state index contributed by atoms with van der Waals surface area (Å²) in [6, 6.07) is 13.6. The zero-order chi connectivity index (χ0) is 20.6. The Bertz CT molecular complexity index is 805. The lowest BCUT2D eigenvalue weighted by Crippen LogP contribution is -2.32. The van der Waals surface area contributed by atoms with Crippen molar-refractivity contribution in [3.05, 3.63) is 69.2 Å². The van der Waals surface area contributed by atoms with Gasteiger partial charge in [0.1, 0.15) is 0 Å². The van der Waals surface area contributed by atoms with Crippen LogP contribution in [0.4, 0.5) is 0 Å². The minimum atomic E-state index is -0.0199. The molecule has 1 heterocycles. The van der Waals surface area contributed by atoms with E-state index in [0.29, 0.717) is 22.2 Å². The molecular weight excluding hydrogens is 423 g/mol. The number of piperidine rings is 1. The van der Waals surface area contributed by atoms with E-state index >= 15 is 0 Å². The van der Waals surface area contributed by atoms with E-state index < -0.39 is 0 Å². The largest absolute Gasteiger partial charge is 0.351 e. The van der Waals surface area contributed by atoms with Crippen LogP contribution in [0.5, 0.6) is 0 Å². The first-order chi connectivity index (χ1) is 14.0. The zero-order valence-corrected chi connectivity index (χ0v) is 19.1. The molecule has 1 aliphatic heterocycles. The van der Waals surface area contributed by atoms with Gasteiger partial charge in [0.05, 0.1) is 0 Å². The van der Waals surface area contributed by atoms with Gasteiger partial charge in [-0.15, -0.1) is 0 Å². The van der Waals surface area contributed by atoms with Crippen LogP contribution in [0.2, 0.25) is 10.0 Å². The first-order valence-corrected chi connectivity index (χ1v) is 12.0. The summed E-state index contributed by atoms with van der Waals surface area (Å²) in [6.07, 6.45) is 2.56. The molecule has 0 bridgehead atoms. The van der Waals surface area contributed by atoms with Gasteiger partial charge in [0, 0.05) is 40.2 Å². The number of hydrogen-bond acceptors (Lipinski definition) is 3. The molecule has 1 N–H and O–H groups in total. The maximum Gasteiger partial charge on any atom is 0.251 e. The van der Waals surface area contributed by atoms with Gasteiger partial charge < -0.3 is 5.32 Å². The molecule has 156 valence electrons. The molecule has 0 saturated carbocycles. The number of likely N-dealkylation sites (tertiary alicyclic amines) is 1. The normalized spacial score (nSPS) is 15.4. The fraction of sp³-hybridized carbons (Fsp3) is 0.435. The highest BCUT2D eigenvalue weighted by Gasteiger charge is 2.15. The Morgan fingerprint density at radius 1 is 1.14 bits per heavy atom. The smallest absolute Gasteiger partial charge is 0.251 e. The van der Waals surface area contributed by atoms with E-state index in [1.54, 1.807) is 17.8 Å². The van der Waals surface area contributed by atoms with Gasteiger partial charge in [0.15, 0.2) is 0 Å². The Morgan fingerprint density at radius 2 is 1.86 bits per heavy atom. The van der Waals surface area contributed by atoms with E-state index in [4.69, 9.17) is 23.2 Å². The molecule has 1 amide bonds. The second-order valence-corrected chi connectivity index (χ2v) is 9.65. The highest BCUT2D eigenvalue weighted by atomic mass is 35.5. The number of benzene rings is 2. The van der Waals surface area contributed by atoms with Gasteiger partial charge in [-0.1, -0.05) is 48.3 Å². The number of halogens is 2. The van der Waals surface area contributed by atoms with E-state index in [-0.39, 0.29) is 5.91 Å². The summed E-state index contributed by atoms with van der Waals surface area (Å²) in [7, 11) is 0. The predicted molar refractivity (Wildman–Crippen MR) is 125 cm³/mol. The van der Waals surface area contributed by atoms with E-state index in [1.807, 2.05) is 24.3 Å². The van der Waals surface area contributed by atoms with Crippen LogP contribution in [-0.4, -0.2) is 36.2 Å². The Hall–Kier alpha value is -1.20. The summed E-state index contributed by atoms with van der Waals surface area (Å²) in [6.45, 7) is 6.27. The second kappa shape index (κ2) is 11.3. The number of hydrogen-bond donors (Lipinski definition) is 1. The lowest BCUT2D eigenvalue weighted by molar-refractivity contribution is 0.0956. The van der Waals surface area contributed by atoms with E-state index in [0.717, 1.165) is 29.5 Å². The molecule has 0 aliphatic carbocycles. The third-order valence-electron chi connectivity index (χ3n) is 5.30. The lowest BCUT2D eigenvalue weighted by Gasteiger charge is -2.30. The van der Waals surface area contributed by atoms with Crippen LogP contribution in [0.1, 0.15) is 41.3 Å². The van der Waals surface area contributed by atoms with Crippen molar-refractivity contribution in [2.24, 2.45) is 5.92 Å². The molecule has 29 heavy (non-hydrogen) atoms. The molecule has 6 heteroatoms. The van der Waals surface area contributed by atoms with Crippen molar-refractivity contribution < 1.29 is 4.79 Å². The Kier molecular flexibility index (Phi) is 8.73. The first-order valence-electron chi connectivity index (χ1n) is 10.1. The van der Waals surface area contributed by atoms with Crippen LogP contribution in [0.3, 0.4) is 0 Å². The molecule has 0 atom stereocenters. The summed E-state index contributed by atoms with van der Waals surface area (Å²) in [5, 5.41) is 4.32. The van der Waals surface area contributed by atoms with Crippen LogP contribution in [0, 0.1) is 5.92 Å². The Balaban J connectivity index is 1.37. The van der Waals surface area contributed by atoms with E-state index in [1.165, 1.54) is 31.5 Å². The molecule has 3 nitrogen and oxygen atoms in total. The summed E-state index contributed by atoms with van der Waals surface area (Å²) in [5.41, 5.74) is 3.05. The number of carbonyl (C=O) groups is 1. The van der Waals surface area contributed by atoms with Gasteiger partial charge in [0.2, 0.25) is 0 Å². The SMILES string of the molecule is CC1CCN(Cc2ccc(C(=O)NCCSCc3ccc(Cl)cc3Cl)cc2)CC1. The van der Waals surface area contributed by atoms with Gasteiger partial charge in [-0.2, -0.15) is 11.8 Å². The predicted octanol–water partition coefficient (Wildman–Crippen LogP) is 5.89. The topological polar surface area (TPSA) is 32.3 Å². The standard InChI is InChI=1S/C23H28Cl2N2OS/c1-17-8-11-27(12-9-17)15-18-2-4-19(5-3-18)23(28)26-10-13-29-16-20-6-7-21(24)14-22(20)25/h2-7,14,17H,8-13,15-16H2,1H3,(H,26,28). The van der Waals surface area contributed by atoms with Gasteiger partial charge in [-0.25, -0.2) is 0 Å². The summed E-state index contributed by atoms with van der Waals surface area (Å²) < 4.78 is 0. The van der Waals surface area contributed by atoms with Crippen molar-refractivity contribution in [3.8, 4) is 0 Å². The number of thioether (sulfide) groups is 1. The van der Waals surface area contributed by atoms with Gasteiger partial charge in [-0.05, 0) is 67.2 Å². The summed E-state index contributed by atoms with van der Waals surface area (Å²) >= 11 is 13.8. The fourth-order valence-corrected chi connectivity index (χ4v) is 4.82. The average Bonchev–Trinajstić information content (AvgIpc) is 2.71. The van der Waals surface area contributed by atoms with Crippen molar-refractivity contribution in [1.29, 1.82) is 0 Å². The first kappa shape index (κ1) is 22.5. The molecule has 2 aromatic rings. The van der Waals surface area contributed by atoms with Crippen LogP contribution < -0.4 is 5.32 Å². The third-order valence-corrected chi connectivity index (χ3v) is 6.90. The average molecular weight is 451 g/mol. The maximum atomic E-state index is 12.3. The molecule has 0 aromatic heterocycles. The second-order valence-electron chi connectivity index (χ2n) is 7.70. The maximum absolute atomic E-state index is 12.3. The Labute approximate surface area is 188 Å². The monoisotopic (exact) mass is 450 g/mol. The summed E-state index contributed by atoms with van der Waals surface area (Å²) in [4.78, 5) is 14.8. The van der Waals surface area contributed by atoms with Crippen molar-refractivity contribution in [3.63, 3.8) is 0 Å². The quantitative estimate of drug-likeness (QED) is 0.508. The molecule has 0 radical (unpaired) electrons. The fourth-order valence-electron chi connectivity index (χ4n) is 3.40. The van der Waals surface area contributed by atoms with Gasteiger partial charge in [-0.3, -0.25) is 9.69 Å². The highest BCUT2D eigenvalue weighted by molar-refractivity contribution is 7.98. The number of rotatable bonds is 8. The minimum absolute atomic E-state index is 0.0199. The van der Waals surface area contributed by atoms with Gasteiger partial charge in [0.25, 0.3) is 5.91 Å². The van der Waals surface area contributed by atoms with Gasteiger partial charge >= 0.3 is 0 Å². The molecule has 3 rings (SSSR count). The van der Waals surface area contributed by atoms with E-state index in [2.05, 4.69) is 29.3 Å². The third kappa shape index (κ3) is 7.21. The molecular formula is C23H28Cl2N2OS. The molecule has 1 fully saturated rings. The molecule has 0 spiro atoms. The number of amides is 1. The van der Waals surface area contributed by atoms with Crippen LogP contribution in [0.15, 0.2) is 42.5 Å². The molecule has 2 aromatic carbocycles. The van der Waals surface area contributed by atoms with Crippen molar-refractivity contribution in [2.75, 3.05) is 25.4 Å². The number of carbonyl (C=O) groups excluding carboxylic acids is 1.